The standard InChI is InChI=1S/C26H28F4N4O8S/c1-24(2,21-31-22(35)42-32-21)12-15-13-33(43(38,39)16-7-8-17(27)20(11-16)40-5)18-10-14(6-9-19(18)41-15)34(23(36)37)25(3,4)26(28,29)30/h6-11,15H,12-13H2,1-5H3,(H,36,37)(H,31,32,35)/p-1/t15-/m0/s1. The lowest BCUT2D eigenvalue weighted by Crippen LogP contribution is -2.60. The van der Waals surface area contributed by atoms with Gasteiger partial charge in [0.1, 0.15) is 23.5 Å². The molecular weight excluding hydrogens is 604 g/mol. The molecule has 12 nitrogen and oxygen atoms in total. The summed E-state index contributed by atoms with van der Waals surface area (Å²) in [6.07, 6.45) is -8.08. The van der Waals surface area contributed by atoms with Gasteiger partial charge in [-0.2, -0.15) is 13.2 Å². The topological polar surface area (TPSA) is 158 Å². The van der Waals surface area contributed by atoms with Crippen LogP contribution in [-0.4, -0.2) is 56.1 Å². The predicted molar refractivity (Wildman–Crippen MR) is 141 cm³/mol. The number of hydrogen-bond donors (Lipinski definition) is 1. The number of nitrogens with zero attached hydrogens (tertiary/aromatic N) is 3. The fourth-order valence-electron chi connectivity index (χ4n) is 4.67. The Hall–Kier alpha value is -4.28. The van der Waals surface area contributed by atoms with E-state index in [0.29, 0.717) is 13.8 Å². The van der Waals surface area contributed by atoms with Gasteiger partial charge in [0.25, 0.3) is 10.0 Å². The molecule has 234 valence electrons. The van der Waals surface area contributed by atoms with E-state index in [0.717, 1.165) is 47.8 Å². The molecule has 1 aliphatic heterocycles. The zero-order valence-corrected chi connectivity index (χ0v) is 24.3. The van der Waals surface area contributed by atoms with Gasteiger partial charge in [0.05, 0.1) is 24.2 Å². The van der Waals surface area contributed by atoms with Crippen LogP contribution in [0, 0.1) is 5.82 Å². The number of rotatable bonds is 8. The minimum atomic E-state index is -5.03. The molecule has 17 heteroatoms. The number of anilines is 2. The Morgan fingerprint density at radius 3 is 2.42 bits per heavy atom. The van der Waals surface area contributed by atoms with Gasteiger partial charge in [-0.05, 0) is 50.6 Å². The summed E-state index contributed by atoms with van der Waals surface area (Å²) in [5, 5.41) is 15.7. The predicted octanol–water partition coefficient (Wildman–Crippen LogP) is 3.33. The number of aromatic nitrogens is 2. The number of sulfonamides is 1. The smallest absolute Gasteiger partial charge is 0.438 e. The van der Waals surface area contributed by atoms with E-state index >= 15 is 0 Å². The number of fused-ring (bicyclic) bond motifs is 1. The van der Waals surface area contributed by atoms with Crippen molar-refractivity contribution in [3.05, 3.63) is 58.6 Å². The number of halogens is 4. The van der Waals surface area contributed by atoms with E-state index in [-0.39, 0.29) is 34.3 Å². The van der Waals surface area contributed by atoms with Gasteiger partial charge in [0.15, 0.2) is 17.4 Å². The summed E-state index contributed by atoms with van der Waals surface area (Å²) in [4.78, 5) is 25.5. The molecule has 1 aliphatic rings. The maximum absolute atomic E-state index is 14.1. The summed E-state index contributed by atoms with van der Waals surface area (Å²) < 4.78 is 100. The average Bonchev–Trinajstić information content (AvgIpc) is 3.34. The molecule has 3 aromatic rings. The van der Waals surface area contributed by atoms with Crippen LogP contribution in [0.25, 0.3) is 0 Å². The van der Waals surface area contributed by atoms with Crippen molar-refractivity contribution in [1.82, 2.24) is 10.1 Å². The van der Waals surface area contributed by atoms with Gasteiger partial charge in [0.2, 0.25) is 0 Å². The number of amides is 1. The summed E-state index contributed by atoms with van der Waals surface area (Å²) >= 11 is 0. The second kappa shape index (κ2) is 10.8. The van der Waals surface area contributed by atoms with Crippen molar-refractivity contribution in [2.24, 2.45) is 0 Å². The van der Waals surface area contributed by atoms with E-state index < -0.39 is 68.1 Å². The van der Waals surface area contributed by atoms with Gasteiger partial charge in [-0.3, -0.25) is 13.8 Å². The van der Waals surface area contributed by atoms with Gasteiger partial charge in [-0.1, -0.05) is 19.0 Å². The number of benzene rings is 2. The summed E-state index contributed by atoms with van der Waals surface area (Å²) in [5.74, 6) is -1.99. The third kappa shape index (κ3) is 5.85. The van der Waals surface area contributed by atoms with Crippen LogP contribution >= 0.6 is 0 Å². The number of alkyl halides is 3. The van der Waals surface area contributed by atoms with Gasteiger partial charge < -0.3 is 24.3 Å². The Balaban J connectivity index is 1.86. The normalized spacial score (nSPS) is 15.9. The highest BCUT2D eigenvalue weighted by Crippen LogP contribution is 2.44. The minimum absolute atomic E-state index is 0.0326. The average molecular weight is 632 g/mol. The van der Waals surface area contributed by atoms with Crippen LogP contribution in [-0.2, 0) is 15.4 Å². The van der Waals surface area contributed by atoms with Gasteiger partial charge >= 0.3 is 11.9 Å². The SMILES string of the molecule is COc1cc(S(=O)(=O)N2C[C@H](CC(C)(C)c3noc(=O)[nH]3)Oc3ccc(N(C(=O)[O-])C(C)(C)C(F)(F)F)cc32)ccc1F. The van der Waals surface area contributed by atoms with Crippen LogP contribution < -0.4 is 29.5 Å². The Bertz CT molecular complexity index is 1700. The first-order valence-electron chi connectivity index (χ1n) is 12.6. The lowest BCUT2D eigenvalue weighted by Gasteiger charge is -2.43. The highest BCUT2D eigenvalue weighted by molar-refractivity contribution is 7.92. The lowest BCUT2D eigenvalue weighted by atomic mass is 9.85. The Morgan fingerprint density at radius 1 is 1.19 bits per heavy atom. The maximum Gasteiger partial charge on any atom is 0.438 e. The molecule has 2 heterocycles. The number of methoxy groups -OCH3 is 1. The van der Waals surface area contributed by atoms with E-state index in [2.05, 4.69) is 14.7 Å². The number of carbonyl (C=O) groups excluding carboxylic acids is 1. The first-order chi connectivity index (χ1) is 19.8. The van der Waals surface area contributed by atoms with E-state index in [1.165, 1.54) is 0 Å². The van der Waals surface area contributed by atoms with Crippen molar-refractivity contribution in [2.75, 3.05) is 22.9 Å². The van der Waals surface area contributed by atoms with Crippen LogP contribution in [0.5, 0.6) is 11.5 Å². The molecule has 0 saturated carbocycles. The minimum Gasteiger partial charge on any atom is -0.530 e. The van der Waals surface area contributed by atoms with Crippen molar-refractivity contribution in [1.29, 1.82) is 0 Å². The molecule has 0 unspecified atom stereocenters. The molecule has 0 fully saturated rings. The third-order valence-electron chi connectivity index (χ3n) is 7.10. The summed E-state index contributed by atoms with van der Waals surface area (Å²) in [5.41, 5.74) is -4.72. The summed E-state index contributed by atoms with van der Waals surface area (Å²) in [7, 11) is -3.46. The highest BCUT2D eigenvalue weighted by atomic mass is 32.2. The number of carboxylic acid groups (broad SMARTS) is 1. The molecule has 0 bridgehead atoms. The lowest BCUT2D eigenvalue weighted by molar-refractivity contribution is -0.254. The van der Waals surface area contributed by atoms with Gasteiger partial charge in [-0.25, -0.2) is 17.6 Å². The summed E-state index contributed by atoms with van der Waals surface area (Å²) in [6.45, 7) is 4.21. The molecule has 0 radical (unpaired) electrons. The van der Waals surface area contributed by atoms with Gasteiger partial charge in [-0.15, -0.1) is 0 Å². The van der Waals surface area contributed by atoms with Crippen molar-refractivity contribution < 1.29 is 49.9 Å². The molecule has 43 heavy (non-hydrogen) atoms. The third-order valence-corrected chi connectivity index (χ3v) is 8.87. The van der Waals surface area contributed by atoms with Crippen molar-refractivity contribution >= 4 is 27.5 Å². The molecule has 2 aromatic carbocycles. The van der Waals surface area contributed by atoms with Crippen molar-refractivity contribution in [3.8, 4) is 11.5 Å². The molecule has 4 rings (SSSR count). The zero-order chi connectivity index (χ0) is 32.1. The molecule has 1 aromatic heterocycles. The molecule has 0 saturated heterocycles. The summed E-state index contributed by atoms with van der Waals surface area (Å²) in [6, 6.07) is 5.87. The number of hydrogen-bond acceptors (Lipinski definition) is 9. The quantitative estimate of drug-likeness (QED) is 0.368. The Morgan fingerprint density at radius 2 is 1.86 bits per heavy atom. The number of aromatic amines is 1. The number of ether oxygens (including phenoxy) is 2. The first-order valence-corrected chi connectivity index (χ1v) is 14.0. The number of nitrogens with one attached hydrogen (secondary N) is 1. The van der Waals surface area contributed by atoms with Crippen LogP contribution in [0.4, 0.5) is 33.7 Å². The Kier molecular flexibility index (Phi) is 7.93. The highest BCUT2D eigenvalue weighted by Gasteiger charge is 2.52. The molecule has 1 atom stereocenters. The van der Waals surface area contributed by atoms with Crippen molar-refractivity contribution in [2.45, 2.75) is 62.2 Å². The molecule has 1 amide bonds. The number of carbonyl (C=O) groups is 1. The maximum atomic E-state index is 14.1. The van der Waals surface area contributed by atoms with Gasteiger partial charge in [0, 0.05) is 17.2 Å². The fourth-order valence-corrected chi connectivity index (χ4v) is 6.19. The molecule has 0 aliphatic carbocycles. The fraction of sp³-hybridized carbons (Fsp3) is 0.423. The largest absolute Gasteiger partial charge is 0.530 e. The molecule has 1 N–H and O–H groups in total. The van der Waals surface area contributed by atoms with Crippen LogP contribution in [0.3, 0.4) is 0 Å². The first kappa shape index (κ1) is 31.7. The molecule has 0 spiro atoms. The van der Waals surface area contributed by atoms with Crippen LogP contribution in [0.1, 0.15) is 39.9 Å². The second-order valence-corrected chi connectivity index (χ2v) is 12.8. The van der Waals surface area contributed by atoms with Crippen LogP contribution in [0.15, 0.2) is 50.6 Å². The van der Waals surface area contributed by atoms with E-state index in [9.17, 15) is 40.7 Å². The number of H-pyrrole nitrogens is 1. The van der Waals surface area contributed by atoms with E-state index in [1.807, 2.05) is 0 Å². The molecular formula is C26H27F4N4O8S-. The van der Waals surface area contributed by atoms with E-state index in [4.69, 9.17) is 9.47 Å². The Labute approximate surface area is 242 Å². The monoisotopic (exact) mass is 631 g/mol. The van der Waals surface area contributed by atoms with Crippen LogP contribution in [0.2, 0.25) is 0 Å². The van der Waals surface area contributed by atoms with E-state index in [1.54, 1.807) is 13.8 Å². The van der Waals surface area contributed by atoms with Crippen molar-refractivity contribution in [3.63, 3.8) is 0 Å². The second-order valence-electron chi connectivity index (χ2n) is 10.9. The zero-order valence-electron chi connectivity index (χ0n) is 23.5.